The van der Waals surface area contributed by atoms with E-state index in [1.165, 1.54) is 24.6 Å². The number of amides is 1. The summed E-state index contributed by atoms with van der Waals surface area (Å²) in [5.41, 5.74) is 0. The van der Waals surface area contributed by atoms with E-state index in [-0.39, 0.29) is 17.5 Å². The molecule has 1 aliphatic heterocycles. The van der Waals surface area contributed by atoms with Crippen molar-refractivity contribution in [3.63, 3.8) is 0 Å². The number of nitrogens with zero attached hydrogens (tertiary/aromatic N) is 1. The Labute approximate surface area is 130 Å². The standard InChI is InChI=1S/C16H21ClFNO2/c1-2-5-12-6-3-4-9-19(12)16(20)11-21-13-7-8-15(18)14(17)10-13/h7-8,10,12H,2-6,9,11H2,1H3. The van der Waals surface area contributed by atoms with Crippen LogP contribution in [0.25, 0.3) is 0 Å². The van der Waals surface area contributed by atoms with Crippen LogP contribution in [-0.2, 0) is 4.79 Å². The van der Waals surface area contributed by atoms with Gasteiger partial charge in [0.15, 0.2) is 6.61 Å². The van der Waals surface area contributed by atoms with Gasteiger partial charge in [-0.1, -0.05) is 24.9 Å². The fraction of sp³-hybridized carbons (Fsp3) is 0.562. The first-order valence-corrected chi connectivity index (χ1v) is 7.87. The summed E-state index contributed by atoms with van der Waals surface area (Å²) in [5.74, 6) is -0.0817. The molecule has 1 unspecified atom stereocenters. The predicted molar refractivity (Wildman–Crippen MR) is 81.2 cm³/mol. The van der Waals surface area contributed by atoms with Gasteiger partial charge in [-0.2, -0.15) is 0 Å². The first kappa shape index (κ1) is 16.1. The topological polar surface area (TPSA) is 29.5 Å². The predicted octanol–water partition coefficient (Wildman–Crippen LogP) is 4.04. The van der Waals surface area contributed by atoms with Crippen molar-refractivity contribution in [2.75, 3.05) is 13.2 Å². The monoisotopic (exact) mass is 313 g/mol. The molecule has 0 aromatic heterocycles. The highest BCUT2D eigenvalue weighted by atomic mass is 35.5. The highest BCUT2D eigenvalue weighted by Crippen LogP contribution is 2.23. The lowest BCUT2D eigenvalue weighted by atomic mass is 9.98. The van der Waals surface area contributed by atoms with Gasteiger partial charge in [0.1, 0.15) is 11.6 Å². The van der Waals surface area contributed by atoms with Gasteiger partial charge in [-0.25, -0.2) is 4.39 Å². The molecule has 1 aromatic carbocycles. The summed E-state index contributed by atoms with van der Waals surface area (Å²) in [7, 11) is 0. The van der Waals surface area contributed by atoms with E-state index < -0.39 is 5.82 Å². The van der Waals surface area contributed by atoms with Crippen LogP contribution >= 0.6 is 11.6 Å². The molecule has 0 N–H and O–H groups in total. The molecule has 3 nitrogen and oxygen atoms in total. The molecule has 0 aliphatic carbocycles. The van der Waals surface area contributed by atoms with Crippen molar-refractivity contribution in [2.24, 2.45) is 0 Å². The summed E-state index contributed by atoms with van der Waals surface area (Å²) in [6, 6.07) is 4.44. The molecule has 1 aliphatic rings. The lowest BCUT2D eigenvalue weighted by molar-refractivity contribution is -0.137. The van der Waals surface area contributed by atoms with Crippen molar-refractivity contribution in [2.45, 2.75) is 45.1 Å². The number of benzene rings is 1. The normalized spacial score (nSPS) is 18.6. The van der Waals surface area contributed by atoms with Crippen LogP contribution < -0.4 is 4.74 Å². The van der Waals surface area contributed by atoms with E-state index in [9.17, 15) is 9.18 Å². The average Bonchev–Trinajstić information content (AvgIpc) is 2.49. The van der Waals surface area contributed by atoms with E-state index in [0.29, 0.717) is 11.8 Å². The number of rotatable bonds is 5. The Morgan fingerprint density at radius 1 is 1.48 bits per heavy atom. The fourth-order valence-corrected chi connectivity index (χ4v) is 2.93. The molecule has 21 heavy (non-hydrogen) atoms. The van der Waals surface area contributed by atoms with Gasteiger partial charge in [-0.05, 0) is 37.8 Å². The van der Waals surface area contributed by atoms with Crippen LogP contribution in [0.5, 0.6) is 5.75 Å². The van der Waals surface area contributed by atoms with Crippen LogP contribution in [0.4, 0.5) is 4.39 Å². The lowest BCUT2D eigenvalue weighted by Crippen LogP contribution is -2.45. The van der Waals surface area contributed by atoms with E-state index in [0.717, 1.165) is 32.2 Å². The maximum absolute atomic E-state index is 13.1. The second kappa shape index (κ2) is 7.64. The van der Waals surface area contributed by atoms with Gasteiger partial charge in [0.25, 0.3) is 5.91 Å². The third kappa shape index (κ3) is 4.34. The van der Waals surface area contributed by atoms with Gasteiger partial charge < -0.3 is 9.64 Å². The Balaban J connectivity index is 1.92. The van der Waals surface area contributed by atoms with E-state index >= 15 is 0 Å². The number of piperidine rings is 1. The first-order chi connectivity index (χ1) is 10.1. The van der Waals surface area contributed by atoms with Crippen LogP contribution in [0.2, 0.25) is 5.02 Å². The third-order valence-electron chi connectivity index (χ3n) is 3.82. The Bertz CT molecular complexity index is 493. The second-order valence-electron chi connectivity index (χ2n) is 5.39. The molecule has 0 radical (unpaired) electrons. The average molecular weight is 314 g/mol. The molecule has 0 saturated carbocycles. The second-order valence-corrected chi connectivity index (χ2v) is 5.80. The van der Waals surface area contributed by atoms with Crippen molar-refractivity contribution >= 4 is 17.5 Å². The Morgan fingerprint density at radius 2 is 2.29 bits per heavy atom. The van der Waals surface area contributed by atoms with Gasteiger partial charge in [0, 0.05) is 18.7 Å². The highest BCUT2D eigenvalue weighted by Gasteiger charge is 2.26. The molecule has 2 rings (SSSR count). The van der Waals surface area contributed by atoms with Crippen molar-refractivity contribution in [1.29, 1.82) is 0 Å². The molecular formula is C16H21ClFNO2. The van der Waals surface area contributed by atoms with Crippen LogP contribution in [0.1, 0.15) is 39.0 Å². The summed E-state index contributed by atoms with van der Waals surface area (Å²) < 4.78 is 18.5. The Kier molecular flexibility index (Phi) is 5.85. The van der Waals surface area contributed by atoms with Crippen molar-refractivity contribution < 1.29 is 13.9 Å². The summed E-state index contributed by atoms with van der Waals surface area (Å²) in [5, 5.41) is 0.00165. The van der Waals surface area contributed by atoms with Gasteiger partial charge >= 0.3 is 0 Å². The zero-order valence-electron chi connectivity index (χ0n) is 12.3. The molecule has 1 atom stereocenters. The minimum Gasteiger partial charge on any atom is -0.484 e. The number of likely N-dealkylation sites (tertiary alicyclic amines) is 1. The van der Waals surface area contributed by atoms with E-state index in [1.54, 1.807) is 0 Å². The van der Waals surface area contributed by atoms with Crippen molar-refractivity contribution in [3.8, 4) is 5.75 Å². The minimum absolute atomic E-state index is 0.00165. The van der Waals surface area contributed by atoms with Gasteiger partial charge in [-0.3, -0.25) is 4.79 Å². The van der Waals surface area contributed by atoms with Crippen LogP contribution in [0, 0.1) is 5.82 Å². The fourth-order valence-electron chi connectivity index (χ4n) is 2.76. The zero-order valence-corrected chi connectivity index (χ0v) is 13.0. The Morgan fingerprint density at radius 3 is 3.00 bits per heavy atom. The number of hydrogen-bond donors (Lipinski definition) is 0. The summed E-state index contributed by atoms with van der Waals surface area (Å²) in [4.78, 5) is 14.2. The number of carbonyl (C=O) groups is 1. The van der Waals surface area contributed by atoms with E-state index in [4.69, 9.17) is 16.3 Å². The SMILES string of the molecule is CCCC1CCCCN1C(=O)COc1ccc(F)c(Cl)c1. The third-order valence-corrected chi connectivity index (χ3v) is 4.11. The summed E-state index contributed by atoms with van der Waals surface area (Å²) >= 11 is 5.69. The molecule has 116 valence electrons. The lowest BCUT2D eigenvalue weighted by Gasteiger charge is -2.35. The maximum atomic E-state index is 13.1. The highest BCUT2D eigenvalue weighted by molar-refractivity contribution is 6.30. The minimum atomic E-state index is -0.491. The van der Waals surface area contributed by atoms with Gasteiger partial charge in [-0.15, -0.1) is 0 Å². The number of carbonyl (C=O) groups excluding carboxylic acids is 1. The molecule has 1 aromatic rings. The molecule has 0 spiro atoms. The molecule has 0 bridgehead atoms. The number of halogens is 2. The van der Waals surface area contributed by atoms with Gasteiger partial charge in [0.05, 0.1) is 5.02 Å². The van der Waals surface area contributed by atoms with Crippen molar-refractivity contribution in [1.82, 2.24) is 4.90 Å². The quantitative estimate of drug-likeness (QED) is 0.821. The molecule has 1 fully saturated rings. The number of ether oxygens (including phenoxy) is 1. The first-order valence-electron chi connectivity index (χ1n) is 7.49. The maximum Gasteiger partial charge on any atom is 0.260 e. The largest absolute Gasteiger partial charge is 0.484 e. The molecular weight excluding hydrogens is 293 g/mol. The van der Waals surface area contributed by atoms with E-state index in [2.05, 4.69) is 6.92 Å². The molecule has 1 saturated heterocycles. The summed E-state index contributed by atoms with van der Waals surface area (Å²) in [6.45, 7) is 2.91. The summed E-state index contributed by atoms with van der Waals surface area (Å²) in [6.07, 6.45) is 5.41. The molecule has 1 heterocycles. The molecule has 1 amide bonds. The number of hydrogen-bond acceptors (Lipinski definition) is 2. The molecule has 5 heteroatoms. The van der Waals surface area contributed by atoms with Crippen LogP contribution in [-0.4, -0.2) is 30.0 Å². The smallest absolute Gasteiger partial charge is 0.260 e. The van der Waals surface area contributed by atoms with Crippen LogP contribution in [0.3, 0.4) is 0 Å². The van der Waals surface area contributed by atoms with Crippen molar-refractivity contribution in [3.05, 3.63) is 29.0 Å². The van der Waals surface area contributed by atoms with Crippen LogP contribution in [0.15, 0.2) is 18.2 Å². The van der Waals surface area contributed by atoms with Gasteiger partial charge in [0.2, 0.25) is 0 Å². The zero-order chi connectivity index (χ0) is 15.2. The van der Waals surface area contributed by atoms with E-state index in [1.807, 2.05) is 4.90 Å². The Hall–Kier alpha value is -1.29.